The molecule has 0 bridgehead atoms. The van der Waals surface area contributed by atoms with E-state index in [1.54, 1.807) is 0 Å². The van der Waals surface area contributed by atoms with E-state index in [0.29, 0.717) is 22.6 Å². The largest absolute Gasteiger partial charge is 0.416 e. The average molecular weight is 501 g/mol. The molecule has 3 heterocycles. The zero-order valence-corrected chi connectivity index (χ0v) is 20.5. The highest BCUT2D eigenvalue weighted by Gasteiger charge is 2.30. The third kappa shape index (κ3) is 5.64. The molecule has 3 aromatic rings. The van der Waals surface area contributed by atoms with Gasteiger partial charge in [0, 0.05) is 42.4 Å². The number of nitrogens with one attached hydrogen (secondary N) is 2. The second-order valence-electron chi connectivity index (χ2n) is 9.80. The standard InChI is InChI=1S/C27H31F3N4S/c28-27(29,30)21-5-7-22(8-6-21)32-26(35)34-15-9-19(10-16-34)18-33-13-11-20(12-14-33)24-17-31-25-4-2-1-3-23(24)25/h1-8,17,19-20,31H,9-16,18H2,(H,32,35). The van der Waals surface area contributed by atoms with Crippen LogP contribution in [0.3, 0.4) is 0 Å². The van der Waals surface area contributed by atoms with E-state index >= 15 is 0 Å². The molecule has 2 fully saturated rings. The van der Waals surface area contributed by atoms with Crippen molar-refractivity contribution in [1.29, 1.82) is 0 Å². The summed E-state index contributed by atoms with van der Waals surface area (Å²) in [6.45, 7) is 5.16. The quantitative estimate of drug-likeness (QED) is 0.402. The molecule has 4 nitrogen and oxygen atoms in total. The molecule has 2 saturated heterocycles. The first kappa shape index (κ1) is 24.1. The third-order valence-electron chi connectivity index (χ3n) is 7.53. The number of aromatic nitrogens is 1. The van der Waals surface area contributed by atoms with Crippen LogP contribution in [0.4, 0.5) is 18.9 Å². The molecule has 0 spiro atoms. The van der Waals surface area contributed by atoms with Crippen LogP contribution in [0.25, 0.3) is 10.9 Å². The van der Waals surface area contributed by atoms with Crippen LogP contribution in [0.2, 0.25) is 0 Å². The Labute approximate surface area is 209 Å². The highest BCUT2D eigenvalue weighted by Crippen LogP contribution is 2.34. The van der Waals surface area contributed by atoms with Gasteiger partial charge in [-0.05, 0) is 98.7 Å². The molecule has 2 aliphatic heterocycles. The van der Waals surface area contributed by atoms with Crippen molar-refractivity contribution in [1.82, 2.24) is 14.8 Å². The molecule has 1 aromatic heterocycles. The minimum atomic E-state index is -4.33. The van der Waals surface area contributed by atoms with E-state index < -0.39 is 11.7 Å². The Balaban J connectivity index is 1.06. The fourth-order valence-electron chi connectivity index (χ4n) is 5.49. The number of para-hydroxylation sites is 1. The van der Waals surface area contributed by atoms with Crippen molar-refractivity contribution >= 4 is 33.9 Å². The molecule has 0 saturated carbocycles. The first-order valence-electron chi connectivity index (χ1n) is 12.4. The SMILES string of the molecule is FC(F)(F)c1ccc(NC(=S)N2CCC(CN3CCC(c4c[nH]c5ccccc45)CC3)CC2)cc1. The fourth-order valence-corrected chi connectivity index (χ4v) is 5.79. The predicted molar refractivity (Wildman–Crippen MR) is 139 cm³/mol. The van der Waals surface area contributed by atoms with Gasteiger partial charge >= 0.3 is 6.18 Å². The van der Waals surface area contributed by atoms with Gasteiger partial charge in [-0.3, -0.25) is 0 Å². The maximum atomic E-state index is 12.8. The summed E-state index contributed by atoms with van der Waals surface area (Å²) in [6, 6.07) is 13.6. The number of hydrogen-bond donors (Lipinski definition) is 2. The molecular formula is C27H31F3N4S. The Morgan fingerprint density at radius 3 is 2.31 bits per heavy atom. The number of nitrogens with zero attached hydrogens (tertiary/aromatic N) is 2. The molecule has 2 aromatic carbocycles. The topological polar surface area (TPSA) is 34.3 Å². The summed E-state index contributed by atoms with van der Waals surface area (Å²) in [4.78, 5) is 8.17. The van der Waals surface area contributed by atoms with Crippen molar-refractivity contribution in [2.24, 2.45) is 5.92 Å². The number of likely N-dealkylation sites (tertiary alicyclic amines) is 2. The number of thiocarbonyl (C=S) groups is 1. The van der Waals surface area contributed by atoms with Gasteiger partial charge in [-0.1, -0.05) is 18.2 Å². The van der Waals surface area contributed by atoms with Crippen molar-refractivity contribution in [2.75, 3.05) is 38.0 Å². The lowest BCUT2D eigenvalue weighted by molar-refractivity contribution is -0.137. The Morgan fingerprint density at radius 2 is 1.63 bits per heavy atom. The van der Waals surface area contributed by atoms with Crippen LogP contribution in [0, 0.1) is 5.92 Å². The molecule has 8 heteroatoms. The summed E-state index contributed by atoms with van der Waals surface area (Å²) in [6.07, 6.45) is 2.42. The molecule has 0 radical (unpaired) electrons. The lowest BCUT2D eigenvalue weighted by atomic mass is 9.88. The maximum absolute atomic E-state index is 12.8. The van der Waals surface area contributed by atoms with E-state index in [-0.39, 0.29) is 0 Å². The Morgan fingerprint density at radius 1 is 0.943 bits per heavy atom. The zero-order chi connectivity index (χ0) is 24.4. The molecule has 35 heavy (non-hydrogen) atoms. The molecule has 2 N–H and O–H groups in total. The van der Waals surface area contributed by atoms with E-state index in [0.717, 1.165) is 57.7 Å². The summed E-state index contributed by atoms with van der Waals surface area (Å²) in [7, 11) is 0. The zero-order valence-electron chi connectivity index (χ0n) is 19.7. The molecular weight excluding hydrogens is 469 g/mol. The van der Waals surface area contributed by atoms with Crippen LogP contribution in [-0.2, 0) is 6.18 Å². The number of halogens is 3. The van der Waals surface area contributed by atoms with Gasteiger partial charge in [-0.25, -0.2) is 0 Å². The number of fused-ring (bicyclic) bond motifs is 1. The van der Waals surface area contributed by atoms with Crippen LogP contribution >= 0.6 is 12.2 Å². The van der Waals surface area contributed by atoms with E-state index in [1.807, 2.05) is 0 Å². The van der Waals surface area contributed by atoms with Gasteiger partial charge in [-0.15, -0.1) is 0 Å². The molecule has 2 aliphatic rings. The van der Waals surface area contributed by atoms with Gasteiger partial charge < -0.3 is 20.1 Å². The van der Waals surface area contributed by atoms with Gasteiger partial charge in [0.25, 0.3) is 0 Å². The first-order chi connectivity index (χ1) is 16.9. The normalized spacial score (nSPS) is 18.8. The minimum Gasteiger partial charge on any atom is -0.361 e. The lowest BCUT2D eigenvalue weighted by Crippen LogP contribution is -2.44. The van der Waals surface area contributed by atoms with E-state index in [9.17, 15) is 13.2 Å². The number of anilines is 1. The minimum absolute atomic E-state index is 0.586. The van der Waals surface area contributed by atoms with Crippen LogP contribution in [0.5, 0.6) is 0 Å². The predicted octanol–water partition coefficient (Wildman–Crippen LogP) is 6.48. The fraction of sp³-hybridized carbons (Fsp3) is 0.444. The second kappa shape index (κ2) is 10.2. The number of piperidine rings is 2. The summed E-state index contributed by atoms with van der Waals surface area (Å²) >= 11 is 5.53. The van der Waals surface area contributed by atoms with E-state index in [1.165, 1.54) is 41.4 Å². The van der Waals surface area contributed by atoms with Crippen molar-refractivity contribution in [3.8, 4) is 0 Å². The summed E-state index contributed by atoms with van der Waals surface area (Å²) < 4.78 is 38.3. The Kier molecular flexibility index (Phi) is 7.02. The summed E-state index contributed by atoms with van der Waals surface area (Å²) in [5.41, 5.74) is 2.62. The number of aromatic amines is 1. The van der Waals surface area contributed by atoms with Gasteiger partial charge in [0.05, 0.1) is 5.56 Å². The molecule has 186 valence electrons. The third-order valence-corrected chi connectivity index (χ3v) is 7.89. The lowest BCUT2D eigenvalue weighted by Gasteiger charge is -2.38. The monoisotopic (exact) mass is 500 g/mol. The Bertz CT molecular complexity index is 1140. The van der Waals surface area contributed by atoms with E-state index in [4.69, 9.17) is 12.2 Å². The van der Waals surface area contributed by atoms with Crippen molar-refractivity contribution < 1.29 is 13.2 Å². The van der Waals surface area contributed by atoms with Crippen LogP contribution in [0.15, 0.2) is 54.7 Å². The van der Waals surface area contributed by atoms with Gasteiger partial charge in [0.15, 0.2) is 5.11 Å². The van der Waals surface area contributed by atoms with Crippen LogP contribution in [0.1, 0.15) is 42.7 Å². The maximum Gasteiger partial charge on any atom is 0.416 e. The van der Waals surface area contributed by atoms with Crippen LogP contribution in [-0.4, -0.2) is 52.6 Å². The molecule has 0 aliphatic carbocycles. The molecule has 0 unspecified atom stereocenters. The van der Waals surface area contributed by atoms with Crippen molar-refractivity contribution in [3.63, 3.8) is 0 Å². The van der Waals surface area contributed by atoms with Crippen molar-refractivity contribution in [2.45, 2.75) is 37.8 Å². The van der Waals surface area contributed by atoms with Gasteiger partial charge in [-0.2, -0.15) is 13.2 Å². The highest BCUT2D eigenvalue weighted by atomic mass is 32.1. The summed E-state index contributed by atoms with van der Waals surface area (Å²) in [5, 5.41) is 5.04. The average Bonchev–Trinajstić information content (AvgIpc) is 3.29. The highest BCUT2D eigenvalue weighted by molar-refractivity contribution is 7.80. The van der Waals surface area contributed by atoms with Crippen molar-refractivity contribution in [3.05, 3.63) is 65.9 Å². The second-order valence-corrected chi connectivity index (χ2v) is 10.2. The number of hydrogen-bond acceptors (Lipinski definition) is 2. The van der Waals surface area contributed by atoms with Gasteiger partial charge in [0.2, 0.25) is 0 Å². The number of benzene rings is 2. The van der Waals surface area contributed by atoms with E-state index in [2.05, 4.69) is 50.6 Å². The number of rotatable bonds is 4. The Hall–Kier alpha value is -2.58. The smallest absolute Gasteiger partial charge is 0.361 e. The number of alkyl halides is 3. The molecule has 0 atom stereocenters. The first-order valence-corrected chi connectivity index (χ1v) is 12.8. The molecule has 0 amide bonds. The van der Waals surface area contributed by atoms with Gasteiger partial charge in [0.1, 0.15) is 0 Å². The molecule has 5 rings (SSSR count). The van der Waals surface area contributed by atoms with Crippen LogP contribution < -0.4 is 5.32 Å². The summed E-state index contributed by atoms with van der Waals surface area (Å²) in [5.74, 6) is 1.28. The number of H-pyrrole nitrogens is 1.